The minimum Gasteiger partial charge on any atom is -0.282 e. The largest absolute Gasteiger partial charge is 2.00 e. The minimum absolute atomic E-state index is 0. The number of aliphatic imine (C=N–C) groups is 1. The van der Waals surface area contributed by atoms with Crippen molar-refractivity contribution in [2.75, 3.05) is 4.90 Å². The van der Waals surface area contributed by atoms with Crippen molar-refractivity contribution in [3.8, 4) is 0 Å². The van der Waals surface area contributed by atoms with Crippen LogP contribution in [0, 0.1) is 70.6 Å². The second kappa shape index (κ2) is 13.0. The molecule has 36 heavy (non-hydrogen) atoms. The van der Waals surface area contributed by atoms with E-state index in [1.165, 1.54) is 11.1 Å². The first kappa shape index (κ1) is 26.4. The fourth-order valence-electron chi connectivity index (χ4n) is 4.21. The molecule has 1 atom stereocenters. The van der Waals surface area contributed by atoms with Crippen molar-refractivity contribution in [3.05, 3.63) is 171 Å². The van der Waals surface area contributed by atoms with Crippen molar-refractivity contribution in [1.29, 1.82) is 0 Å². The van der Waals surface area contributed by atoms with Gasteiger partial charge in [0.15, 0.2) is 0 Å². The van der Waals surface area contributed by atoms with Crippen LogP contribution in [-0.2, 0) is 17.1 Å². The molecule has 2 aromatic carbocycles. The first-order chi connectivity index (χ1) is 17.3. The van der Waals surface area contributed by atoms with Gasteiger partial charge < -0.3 is 0 Å². The predicted molar refractivity (Wildman–Crippen MR) is 144 cm³/mol. The Kier molecular flexibility index (Phi) is 9.55. The summed E-state index contributed by atoms with van der Waals surface area (Å²) in [5.74, 6) is 2.93. The van der Waals surface area contributed by atoms with E-state index in [1.807, 2.05) is 62.6 Å². The summed E-state index contributed by atoms with van der Waals surface area (Å²) in [4.78, 5) is 12.1. The average Bonchev–Trinajstić information content (AvgIpc) is 3.67. The Morgan fingerprint density at radius 2 is 1.33 bits per heavy atom. The molecule has 0 amide bonds. The van der Waals surface area contributed by atoms with Crippen molar-refractivity contribution < 1.29 is 17.1 Å². The van der Waals surface area contributed by atoms with Gasteiger partial charge in [-0.1, -0.05) is 60.7 Å². The molecule has 0 N–H and O–H groups in total. The Morgan fingerprint density at radius 1 is 0.694 bits per heavy atom. The van der Waals surface area contributed by atoms with Crippen LogP contribution in [0.15, 0.2) is 95.8 Å². The van der Waals surface area contributed by atoms with Gasteiger partial charge in [-0.15, -0.1) is 0 Å². The maximum atomic E-state index is 5.23. The summed E-state index contributed by atoms with van der Waals surface area (Å²) in [6.07, 6.45) is 22.5. The number of allylic oxidation sites excluding steroid dienone is 1. The van der Waals surface area contributed by atoms with Gasteiger partial charge in [0.2, 0.25) is 0 Å². The van der Waals surface area contributed by atoms with Gasteiger partial charge in [-0.25, -0.2) is 4.98 Å². The molecule has 0 spiro atoms. The maximum Gasteiger partial charge on any atom is 2.00 e. The predicted octanol–water partition coefficient (Wildman–Crippen LogP) is 6.71. The number of pyridine rings is 1. The molecule has 2 fully saturated rings. The van der Waals surface area contributed by atoms with Crippen molar-refractivity contribution in [3.63, 3.8) is 0 Å². The molecule has 1 aliphatic heterocycles. The van der Waals surface area contributed by atoms with E-state index in [-0.39, 0.29) is 23.1 Å². The van der Waals surface area contributed by atoms with Crippen LogP contribution in [0.2, 0.25) is 0 Å². The van der Waals surface area contributed by atoms with Crippen molar-refractivity contribution in [2.45, 2.75) is 13.0 Å². The third-order valence-electron chi connectivity index (χ3n) is 5.95. The van der Waals surface area contributed by atoms with Crippen LogP contribution >= 0.6 is 0 Å². The smallest absolute Gasteiger partial charge is 0.282 e. The molecule has 10 radical (unpaired) electrons. The summed E-state index contributed by atoms with van der Waals surface area (Å²) in [5.41, 5.74) is 4.57. The molecule has 0 bridgehead atoms. The zero-order valence-corrected chi connectivity index (χ0v) is 21.2. The van der Waals surface area contributed by atoms with Gasteiger partial charge in [-0.05, 0) is 94.0 Å². The van der Waals surface area contributed by atoms with Gasteiger partial charge in [0.05, 0.1) is 6.04 Å². The van der Waals surface area contributed by atoms with Gasteiger partial charge in [0.25, 0.3) is 0 Å². The summed E-state index contributed by atoms with van der Waals surface area (Å²) in [5, 5.41) is 0. The molecular weight excluding hydrogens is 482 g/mol. The molecule has 1 unspecified atom stereocenters. The summed E-state index contributed by atoms with van der Waals surface area (Å²) in [6, 6.07) is 24.8. The summed E-state index contributed by atoms with van der Waals surface area (Å²) >= 11 is 0. The SMILES string of the molecule is Cc1ccccc1C1=NC(c2ccccc2)C=C([C]2[CH][CH][CH][CH]2)N1c1ccccn1.[CH]1[CH][CH][CH][CH]1.[Fe+2]. The fourth-order valence-corrected chi connectivity index (χ4v) is 4.21. The zero-order valence-electron chi connectivity index (χ0n) is 20.1. The number of anilines is 1. The van der Waals surface area contributed by atoms with Crippen LogP contribution in [-0.4, -0.2) is 10.8 Å². The Bertz CT molecular complexity index is 1140. The third-order valence-corrected chi connectivity index (χ3v) is 5.95. The maximum absolute atomic E-state index is 5.23. The Balaban J connectivity index is 0.000000455. The molecule has 4 heteroatoms. The van der Waals surface area contributed by atoms with Gasteiger partial charge in [-0.3, -0.25) is 9.89 Å². The topological polar surface area (TPSA) is 28.5 Å². The number of aryl methyl sites for hydroxylation is 1. The number of hydrogen-bond donors (Lipinski definition) is 0. The fraction of sp³-hybridized carbons (Fsp3) is 0.0625. The summed E-state index contributed by atoms with van der Waals surface area (Å²) < 4.78 is 0. The van der Waals surface area contributed by atoms with Crippen LogP contribution < -0.4 is 4.90 Å². The number of benzene rings is 2. The van der Waals surface area contributed by atoms with E-state index in [0.717, 1.165) is 28.8 Å². The molecule has 0 saturated heterocycles. The molecule has 2 aliphatic carbocycles. The molecule has 2 heterocycles. The van der Waals surface area contributed by atoms with Crippen LogP contribution in [0.5, 0.6) is 0 Å². The van der Waals surface area contributed by atoms with Crippen LogP contribution in [0.4, 0.5) is 5.82 Å². The Morgan fingerprint density at radius 3 is 1.97 bits per heavy atom. The van der Waals surface area contributed by atoms with Gasteiger partial charge >= 0.3 is 17.1 Å². The molecule has 3 nitrogen and oxygen atoms in total. The molecule has 6 rings (SSSR count). The number of aromatic nitrogens is 1. The molecule has 3 aromatic rings. The van der Waals surface area contributed by atoms with Gasteiger partial charge in [-0.2, -0.15) is 0 Å². The average molecular weight is 509 g/mol. The van der Waals surface area contributed by atoms with Crippen LogP contribution in [0.3, 0.4) is 0 Å². The second-order valence-electron chi connectivity index (χ2n) is 8.33. The van der Waals surface area contributed by atoms with Gasteiger partial charge in [0.1, 0.15) is 11.7 Å². The Hall–Kier alpha value is -2.68. The van der Waals surface area contributed by atoms with Crippen molar-refractivity contribution in [1.82, 2.24) is 4.98 Å². The Labute approximate surface area is 227 Å². The molecule has 1 aromatic heterocycles. The molecule has 2 saturated carbocycles. The monoisotopic (exact) mass is 509 g/mol. The van der Waals surface area contributed by atoms with E-state index < -0.39 is 0 Å². The summed E-state index contributed by atoms with van der Waals surface area (Å²) in [7, 11) is 0. The number of nitrogens with zero attached hydrogens (tertiary/aromatic N) is 3. The van der Waals surface area contributed by atoms with Crippen molar-refractivity contribution in [2.24, 2.45) is 4.99 Å². The van der Waals surface area contributed by atoms with E-state index in [4.69, 9.17) is 4.99 Å². The third kappa shape index (κ3) is 6.17. The van der Waals surface area contributed by atoms with E-state index in [0.29, 0.717) is 0 Å². The summed E-state index contributed by atoms with van der Waals surface area (Å²) in [6.45, 7) is 2.13. The van der Waals surface area contributed by atoms with E-state index in [9.17, 15) is 0 Å². The molecule has 3 aliphatic rings. The molecule has 176 valence electrons. The standard InChI is InChI=1S/C27H22N3.C5H5.Fe/c1-20-11-5-8-16-23(20)27-29-24(21-12-3-2-4-13-21)19-25(22-14-6-7-15-22)30(27)26-17-9-10-18-28-26;1-2-4-5-3-1;/h2-19,24H,1H3;1-5H;/q;;+2. The van der Waals surface area contributed by atoms with Crippen LogP contribution in [0.25, 0.3) is 0 Å². The van der Waals surface area contributed by atoms with Crippen molar-refractivity contribution >= 4 is 11.7 Å². The van der Waals surface area contributed by atoms with E-state index >= 15 is 0 Å². The first-order valence-corrected chi connectivity index (χ1v) is 11.8. The number of amidine groups is 1. The quantitative estimate of drug-likeness (QED) is 0.366. The first-order valence-electron chi connectivity index (χ1n) is 11.8. The zero-order chi connectivity index (χ0) is 23.9. The van der Waals surface area contributed by atoms with E-state index in [1.54, 1.807) is 0 Å². The van der Waals surface area contributed by atoms with Crippen LogP contribution in [0.1, 0.15) is 22.7 Å². The minimum atomic E-state index is -0.0642. The normalized spacial score (nSPS) is 19.6. The van der Waals surface area contributed by atoms with Gasteiger partial charge in [0, 0.05) is 23.4 Å². The second-order valence-corrected chi connectivity index (χ2v) is 8.33. The number of rotatable bonds is 4. The molecular formula is C32H27FeN3+2. The van der Waals surface area contributed by atoms with E-state index in [2.05, 4.69) is 97.1 Å². The number of hydrogen-bond acceptors (Lipinski definition) is 3.